The van der Waals surface area contributed by atoms with Crippen LogP contribution in [0.25, 0.3) is 0 Å². The third kappa shape index (κ3) is 7.05. The average Bonchev–Trinajstić information content (AvgIpc) is 2.86. The Hall–Kier alpha value is -3.39. The molecule has 1 heterocycles. The number of carbonyl (C=O) groups excluding carboxylic acids is 3. The molecule has 2 aromatic rings. The quantitative estimate of drug-likeness (QED) is 0.553. The van der Waals surface area contributed by atoms with Crippen LogP contribution >= 0.6 is 0 Å². The Morgan fingerprint density at radius 2 is 1.59 bits per heavy atom. The second-order valence-electron chi connectivity index (χ2n) is 8.69. The average molecular weight is 467 g/mol. The Labute approximate surface area is 201 Å². The molecule has 182 valence electrons. The molecule has 8 nitrogen and oxygen atoms in total. The van der Waals surface area contributed by atoms with Crippen molar-refractivity contribution in [1.82, 2.24) is 10.2 Å². The smallest absolute Gasteiger partial charge is 0.329 e. The van der Waals surface area contributed by atoms with Gasteiger partial charge in [-0.1, -0.05) is 39.0 Å². The van der Waals surface area contributed by atoms with Crippen molar-refractivity contribution < 1.29 is 19.1 Å². The molecule has 0 bridgehead atoms. The number of ether oxygens (including phenoxy) is 1. The standard InChI is InChI=1S/C26H34N4O4/c1-4-29-14-16-30(17-15-29)22-12-10-21(11-13-22)27-23(31)18-34-26(33)24(19(2)3)28-25(32)20-8-6-5-7-9-20/h5-13,19,24H,4,14-18H2,1-3H3,(H,27,31)(H,28,32)/t24-/m0/s1. The van der Waals surface area contributed by atoms with E-state index in [-0.39, 0.29) is 11.8 Å². The fourth-order valence-corrected chi connectivity index (χ4v) is 3.81. The second kappa shape index (κ2) is 12.2. The highest BCUT2D eigenvalue weighted by molar-refractivity contribution is 5.97. The lowest BCUT2D eigenvalue weighted by Gasteiger charge is -2.35. The van der Waals surface area contributed by atoms with E-state index in [0.717, 1.165) is 38.4 Å². The van der Waals surface area contributed by atoms with E-state index in [1.165, 1.54) is 0 Å². The maximum absolute atomic E-state index is 12.5. The number of likely N-dealkylation sites (N-methyl/N-ethyl adjacent to an activating group) is 1. The largest absolute Gasteiger partial charge is 0.454 e. The van der Waals surface area contributed by atoms with Gasteiger partial charge in [-0.2, -0.15) is 0 Å². The molecule has 1 aliphatic heterocycles. The zero-order valence-corrected chi connectivity index (χ0v) is 20.1. The Bertz CT molecular complexity index is 955. The zero-order chi connectivity index (χ0) is 24.5. The number of carbonyl (C=O) groups is 3. The number of rotatable bonds is 9. The van der Waals surface area contributed by atoms with Crippen LogP contribution in [-0.2, 0) is 14.3 Å². The van der Waals surface area contributed by atoms with Gasteiger partial charge in [-0.15, -0.1) is 0 Å². The normalized spacial score (nSPS) is 15.0. The van der Waals surface area contributed by atoms with Crippen LogP contribution in [0.5, 0.6) is 0 Å². The number of anilines is 2. The lowest BCUT2D eigenvalue weighted by molar-refractivity contribution is -0.150. The van der Waals surface area contributed by atoms with E-state index in [2.05, 4.69) is 27.4 Å². The Balaban J connectivity index is 1.47. The summed E-state index contributed by atoms with van der Waals surface area (Å²) >= 11 is 0. The predicted octanol–water partition coefficient (Wildman–Crippen LogP) is 2.76. The van der Waals surface area contributed by atoms with Crippen molar-refractivity contribution in [2.24, 2.45) is 5.92 Å². The molecule has 0 saturated carbocycles. The molecule has 0 spiro atoms. The van der Waals surface area contributed by atoms with Crippen LogP contribution in [0.2, 0.25) is 0 Å². The van der Waals surface area contributed by atoms with Gasteiger partial charge in [0.1, 0.15) is 6.04 Å². The van der Waals surface area contributed by atoms with Gasteiger partial charge < -0.3 is 25.2 Å². The molecule has 0 unspecified atom stereocenters. The summed E-state index contributed by atoms with van der Waals surface area (Å²) in [5, 5.41) is 5.45. The van der Waals surface area contributed by atoms with Crippen molar-refractivity contribution >= 4 is 29.2 Å². The number of amides is 2. The minimum Gasteiger partial charge on any atom is -0.454 e. The van der Waals surface area contributed by atoms with E-state index >= 15 is 0 Å². The number of hydrogen-bond acceptors (Lipinski definition) is 6. The Morgan fingerprint density at radius 1 is 0.941 bits per heavy atom. The highest BCUT2D eigenvalue weighted by Gasteiger charge is 2.26. The third-order valence-electron chi connectivity index (χ3n) is 5.92. The van der Waals surface area contributed by atoms with Crippen LogP contribution in [0, 0.1) is 5.92 Å². The maximum Gasteiger partial charge on any atom is 0.329 e. The first-order chi connectivity index (χ1) is 16.4. The van der Waals surface area contributed by atoms with Crippen LogP contribution in [0.1, 0.15) is 31.1 Å². The van der Waals surface area contributed by atoms with Gasteiger partial charge in [0.15, 0.2) is 6.61 Å². The lowest BCUT2D eigenvalue weighted by atomic mass is 10.0. The molecule has 0 radical (unpaired) electrons. The molecule has 34 heavy (non-hydrogen) atoms. The monoisotopic (exact) mass is 466 g/mol. The van der Waals surface area contributed by atoms with E-state index in [1.807, 2.05) is 30.3 Å². The van der Waals surface area contributed by atoms with Crippen LogP contribution in [0.4, 0.5) is 11.4 Å². The molecule has 2 amide bonds. The number of piperazine rings is 1. The van der Waals surface area contributed by atoms with Crippen molar-refractivity contribution in [2.45, 2.75) is 26.8 Å². The van der Waals surface area contributed by atoms with Crippen molar-refractivity contribution in [2.75, 3.05) is 49.5 Å². The van der Waals surface area contributed by atoms with Gasteiger partial charge in [0.05, 0.1) is 0 Å². The van der Waals surface area contributed by atoms with Gasteiger partial charge >= 0.3 is 5.97 Å². The Morgan fingerprint density at radius 3 is 2.18 bits per heavy atom. The van der Waals surface area contributed by atoms with E-state index in [0.29, 0.717) is 11.3 Å². The van der Waals surface area contributed by atoms with E-state index in [9.17, 15) is 14.4 Å². The van der Waals surface area contributed by atoms with E-state index < -0.39 is 24.5 Å². The highest BCUT2D eigenvalue weighted by Crippen LogP contribution is 2.19. The molecule has 8 heteroatoms. The first-order valence-electron chi connectivity index (χ1n) is 11.8. The van der Waals surface area contributed by atoms with Gasteiger partial charge in [0.25, 0.3) is 11.8 Å². The maximum atomic E-state index is 12.5. The summed E-state index contributed by atoms with van der Waals surface area (Å²) < 4.78 is 5.20. The van der Waals surface area contributed by atoms with Crippen LogP contribution in [0.3, 0.4) is 0 Å². The number of hydrogen-bond donors (Lipinski definition) is 2. The molecule has 1 saturated heterocycles. The fraction of sp³-hybridized carbons (Fsp3) is 0.423. The molecular weight excluding hydrogens is 432 g/mol. The van der Waals surface area contributed by atoms with Crippen LogP contribution in [-0.4, -0.2) is 68.1 Å². The molecule has 2 aromatic carbocycles. The predicted molar refractivity (Wildman–Crippen MR) is 133 cm³/mol. The van der Waals surface area contributed by atoms with Crippen molar-refractivity contribution in [1.29, 1.82) is 0 Å². The molecule has 1 atom stereocenters. The van der Waals surface area contributed by atoms with Crippen molar-refractivity contribution in [3.05, 3.63) is 60.2 Å². The molecular formula is C26H34N4O4. The summed E-state index contributed by atoms with van der Waals surface area (Å²) in [4.78, 5) is 42.0. The molecule has 0 aromatic heterocycles. The molecule has 0 aliphatic carbocycles. The van der Waals surface area contributed by atoms with Gasteiger partial charge in [-0.05, 0) is 48.9 Å². The molecule has 1 fully saturated rings. The molecule has 2 N–H and O–H groups in total. The Kier molecular flexibility index (Phi) is 9.04. The summed E-state index contributed by atoms with van der Waals surface area (Å²) in [7, 11) is 0. The number of esters is 1. The summed E-state index contributed by atoms with van der Waals surface area (Å²) in [5.74, 6) is -1.64. The van der Waals surface area contributed by atoms with Crippen molar-refractivity contribution in [3.8, 4) is 0 Å². The minimum absolute atomic E-state index is 0.199. The van der Waals surface area contributed by atoms with E-state index in [4.69, 9.17) is 4.74 Å². The minimum atomic E-state index is -0.854. The topological polar surface area (TPSA) is 91.0 Å². The van der Waals surface area contributed by atoms with Gasteiger partial charge in [-0.25, -0.2) is 4.79 Å². The number of benzene rings is 2. The summed E-state index contributed by atoms with van der Waals surface area (Å²) in [6.45, 7) is 10.5. The first kappa shape index (κ1) is 25.2. The summed E-state index contributed by atoms with van der Waals surface area (Å²) in [5.41, 5.74) is 2.21. The van der Waals surface area contributed by atoms with Gasteiger partial charge in [-0.3, -0.25) is 9.59 Å². The van der Waals surface area contributed by atoms with Gasteiger partial charge in [0, 0.05) is 43.1 Å². The lowest BCUT2D eigenvalue weighted by Crippen LogP contribution is -2.46. The van der Waals surface area contributed by atoms with E-state index in [1.54, 1.807) is 38.1 Å². The summed E-state index contributed by atoms with van der Waals surface area (Å²) in [6.07, 6.45) is 0. The molecule has 3 rings (SSSR count). The van der Waals surface area contributed by atoms with Crippen molar-refractivity contribution in [3.63, 3.8) is 0 Å². The summed E-state index contributed by atoms with van der Waals surface area (Å²) in [6, 6.07) is 15.5. The number of nitrogens with zero attached hydrogens (tertiary/aromatic N) is 2. The number of nitrogens with one attached hydrogen (secondary N) is 2. The third-order valence-corrected chi connectivity index (χ3v) is 5.92. The van der Waals surface area contributed by atoms with Crippen LogP contribution in [0.15, 0.2) is 54.6 Å². The first-order valence-corrected chi connectivity index (χ1v) is 11.8. The van der Waals surface area contributed by atoms with Gasteiger partial charge in [0.2, 0.25) is 0 Å². The zero-order valence-electron chi connectivity index (χ0n) is 20.1. The molecule has 1 aliphatic rings. The van der Waals surface area contributed by atoms with Crippen LogP contribution < -0.4 is 15.5 Å². The SMILES string of the molecule is CCN1CCN(c2ccc(NC(=O)COC(=O)[C@@H](NC(=O)c3ccccc3)C(C)C)cc2)CC1. The highest BCUT2D eigenvalue weighted by atomic mass is 16.5. The second-order valence-corrected chi connectivity index (χ2v) is 8.69. The fourth-order valence-electron chi connectivity index (χ4n) is 3.81.